The van der Waals surface area contributed by atoms with Crippen molar-refractivity contribution in [2.24, 2.45) is 0 Å². The van der Waals surface area contributed by atoms with Gasteiger partial charge in [-0.1, -0.05) is 13.8 Å². The Morgan fingerprint density at radius 1 is 1.25 bits per heavy atom. The number of nitrogens with zero attached hydrogens (tertiary/aromatic N) is 3. The fraction of sp³-hybridized carbons (Fsp3) is 0.500. The first-order valence-corrected chi connectivity index (χ1v) is 6.40. The molecule has 2 saturated heterocycles. The average Bonchev–Trinajstić information content (AvgIpc) is 3.24. The maximum absolute atomic E-state index is 9.02. The van der Waals surface area contributed by atoms with Crippen LogP contribution in [0.3, 0.4) is 0 Å². The van der Waals surface area contributed by atoms with E-state index < -0.39 is 0 Å². The van der Waals surface area contributed by atoms with Crippen molar-refractivity contribution in [3.63, 3.8) is 0 Å². The molecule has 6 heteroatoms. The van der Waals surface area contributed by atoms with Crippen LogP contribution in [0.5, 0.6) is 0 Å². The normalized spacial score (nSPS) is 28.1. The van der Waals surface area contributed by atoms with Crippen molar-refractivity contribution in [2.75, 3.05) is 6.61 Å². The molecule has 2 aliphatic heterocycles. The lowest BCUT2D eigenvalue weighted by atomic mass is 9.79. The lowest BCUT2D eigenvalue weighted by molar-refractivity contribution is -0.117. The Bertz CT molecular complexity index is 597. The minimum Gasteiger partial charge on any atom is -0.356 e. The van der Waals surface area contributed by atoms with Crippen molar-refractivity contribution < 1.29 is 9.47 Å². The molecule has 3 heterocycles. The molecule has 3 rings (SSSR count). The summed E-state index contributed by atoms with van der Waals surface area (Å²) in [7, 11) is 0. The second-order valence-corrected chi connectivity index (χ2v) is 5.54. The third kappa shape index (κ3) is 2.14. The van der Waals surface area contributed by atoms with Crippen molar-refractivity contribution in [1.82, 2.24) is 10.3 Å². The number of pyridine rings is 1. The largest absolute Gasteiger partial charge is 0.356 e. The summed E-state index contributed by atoms with van der Waals surface area (Å²) in [5.41, 5.74) is 0.959. The number of aromatic nitrogens is 1. The van der Waals surface area contributed by atoms with Crippen LogP contribution in [-0.2, 0) is 14.9 Å². The quantitative estimate of drug-likeness (QED) is 0.797. The van der Waals surface area contributed by atoms with Gasteiger partial charge in [0, 0.05) is 5.41 Å². The van der Waals surface area contributed by atoms with Crippen molar-refractivity contribution in [2.45, 2.75) is 37.8 Å². The summed E-state index contributed by atoms with van der Waals surface area (Å²) in [4.78, 5) is 3.95. The molecule has 2 fully saturated rings. The molecule has 3 atom stereocenters. The first-order chi connectivity index (χ1) is 9.54. The van der Waals surface area contributed by atoms with Crippen LogP contribution >= 0.6 is 0 Å². The van der Waals surface area contributed by atoms with Crippen LogP contribution in [-0.4, -0.2) is 30.2 Å². The van der Waals surface area contributed by atoms with Crippen LogP contribution in [0.15, 0.2) is 12.1 Å². The van der Waals surface area contributed by atoms with E-state index in [2.05, 4.69) is 10.3 Å². The van der Waals surface area contributed by atoms with Crippen molar-refractivity contribution >= 4 is 0 Å². The highest BCUT2D eigenvalue weighted by Gasteiger charge is 2.48. The van der Waals surface area contributed by atoms with Gasteiger partial charge in [-0.2, -0.15) is 10.5 Å². The zero-order chi connectivity index (χ0) is 14.3. The Labute approximate surface area is 116 Å². The first-order valence-electron chi connectivity index (χ1n) is 6.40. The fourth-order valence-corrected chi connectivity index (χ4v) is 2.34. The van der Waals surface area contributed by atoms with Crippen LogP contribution in [0.2, 0.25) is 0 Å². The summed E-state index contributed by atoms with van der Waals surface area (Å²) in [6.45, 7) is 4.51. The summed E-state index contributed by atoms with van der Waals surface area (Å²) < 4.78 is 11.5. The maximum atomic E-state index is 9.02. The molecule has 0 aromatic carbocycles. The second-order valence-electron chi connectivity index (χ2n) is 5.54. The van der Waals surface area contributed by atoms with Gasteiger partial charge < -0.3 is 9.47 Å². The van der Waals surface area contributed by atoms with Gasteiger partial charge in [-0.15, -0.1) is 0 Å². The summed E-state index contributed by atoms with van der Waals surface area (Å²) in [5, 5.41) is 21.1. The zero-order valence-corrected chi connectivity index (χ0v) is 11.3. The van der Waals surface area contributed by atoms with Gasteiger partial charge in [0.05, 0.1) is 12.7 Å². The van der Waals surface area contributed by atoms with E-state index in [0.717, 1.165) is 5.56 Å². The Kier molecular flexibility index (Phi) is 2.95. The molecule has 3 unspecified atom stereocenters. The van der Waals surface area contributed by atoms with E-state index in [1.165, 1.54) is 0 Å². The number of hydrogen-bond acceptors (Lipinski definition) is 6. The molecule has 2 aliphatic rings. The first kappa shape index (κ1) is 13.0. The van der Waals surface area contributed by atoms with Gasteiger partial charge in [0.1, 0.15) is 29.8 Å². The fourth-order valence-electron chi connectivity index (χ4n) is 2.34. The molecule has 0 aliphatic carbocycles. The lowest BCUT2D eigenvalue weighted by Gasteiger charge is -2.36. The molecular weight excluding hydrogens is 256 g/mol. The molecule has 0 radical (unpaired) electrons. The summed E-state index contributed by atoms with van der Waals surface area (Å²) >= 11 is 0. The van der Waals surface area contributed by atoms with Gasteiger partial charge in [0.15, 0.2) is 6.23 Å². The van der Waals surface area contributed by atoms with Gasteiger partial charge in [-0.3, -0.25) is 5.32 Å². The van der Waals surface area contributed by atoms with Crippen LogP contribution in [0.25, 0.3) is 0 Å². The van der Waals surface area contributed by atoms with Gasteiger partial charge in [0.2, 0.25) is 0 Å². The molecular formula is C14H14N4O2. The van der Waals surface area contributed by atoms with E-state index in [-0.39, 0.29) is 35.4 Å². The number of fused-ring (bicyclic) bond motifs is 1. The SMILES string of the molecule is CC(C)(c1cc(C#N)nc(C#N)c1)C1COC2NC2O1. The second kappa shape index (κ2) is 4.53. The van der Waals surface area contributed by atoms with Crippen LogP contribution in [0.1, 0.15) is 30.8 Å². The molecule has 1 N–H and O–H groups in total. The van der Waals surface area contributed by atoms with Crippen molar-refractivity contribution in [3.05, 3.63) is 29.1 Å². The number of ether oxygens (including phenoxy) is 2. The van der Waals surface area contributed by atoms with E-state index >= 15 is 0 Å². The number of rotatable bonds is 2. The molecule has 1 aromatic heterocycles. The Morgan fingerprint density at radius 2 is 1.90 bits per heavy atom. The molecule has 1 aromatic rings. The minimum atomic E-state index is -0.380. The zero-order valence-electron chi connectivity index (χ0n) is 11.3. The molecule has 0 spiro atoms. The highest BCUT2D eigenvalue weighted by molar-refractivity contribution is 5.38. The highest BCUT2D eigenvalue weighted by atomic mass is 16.6. The third-order valence-electron chi connectivity index (χ3n) is 3.84. The van der Waals surface area contributed by atoms with Crippen molar-refractivity contribution in [1.29, 1.82) is 10.5 Å². The summed E-state index contributed by atoms with van der Waals surface area (Å²) in [5.74, 6) is 0. The molecule has 0 bridgehead atoms. The summed E-state index contributed by atoms with van der Waals surface area (Å²) in [6.07, 6.45) is -0.163. The number of hydrogen-bond donors (Lipinski definition) is 1. The Balaban J connectivity index is 1.93. The maximum Gasteiger partial charge on any atom is 0.150 e. The molecule has 6 nitrogen and oxygen atoms in total. The van der Waals surface area contributed by atoms with Crippen LogP contribution < -0.4 is 5.32 Å². The van der Waals surface area contributed by atoms with E-state index in [9.17, 15) is 0 Å². The minimum absolute atomic E-state index is 0.0174. The number of nitriles is 2. The topological polar surface area (TPSA) is 101 Å². The standard InChI is InChI=1S/C14H14N4O2/c1-14(2,11-7-19-12-13(18-12)20-11)8-3-9(5-15)17-10(4-8)6-16/h3-4,11-13,18H,7H2,1-2H3. The van der Waals surface area contributed by atoms with E-state index in [4.69, 9.17) is 20.0 Å². The monoisotopic (exact) mass is 270 g/mol. The predicted octanol–water partition coefficient (Wildman–Crippen LogP) is 0.773. The van der Waals surface area contributed by atoms with E-state index in [1.54, 1.807) is 12.1 Å². The Morgan fingerprint density at radius 3 is 2.45 bits per heavy atom. The molecule has 0 amide bonds. The van der Waals surface area contributed by atoms with E-state index in [1.807, 2.05) is 26.0 Å². The molecule has 0 saturated carbocycles. The van der Waals surface area contributed by atoms with Gasteiger partial charge in [-0.25, -0.2) is 4.98 Å². The number of nitrogens with one attached hydrogen (secondary N) is 1. The van der Waals surface area contributed by atoms with Gasteiger partial charge in [0.25, 0.3) is 0 Å². The molecule has 102 valence electrons. The van der Waals surface area contributed by atoms with Crippen LogP contribution in [0.4, 0.5) is 0 Å². The lowest BCUT2D eigenvalue weighted by Crippen LogP contribution is -2.43. The van der Waals surface area contributed by atoms with Gasteiger partial charge in [-0.05, 0) is 17.7 Å². The van der Waals surface area contributed by atoms with E-state index in [0.29, 0.717) is 6.61 Å². The van der Waals surface area contributed by atoms with Crippen LogP contribution in [0, 0.1) is 22.7 Å². The summed E-state index contributed by atoms with van der Waals surface area (Å²) in [6, 6.07) is 7.38. The average molecular weight is 270 g/mol. The highest BCUT2D eigenvalue weighted by Crippen LogP contribution is 2.35. The Hall–Kier alpha value is -1.99. The van der Waals surface area contributed by atoms with Crippen molar-refractivity contribution in [3.8, 4) is 12.1 Å². The third-order valence-corrected chi connectivity index (χ3v) is 3.84. The predicted molar refractivity (Wildman–Crippen MR) is 68.2 cm³/mol. The molecule has 20 heavy (non-hydrogen) atoms. The smallest absolute Gasteiger partial charge is 0.150 e. The van der Waals surface area contributed by atoms with Gasteiger partial charge >= 0.3 is 0 Å².